The second-order valence-corrected chi connectivity index (χ2v) is 4.41. The van der Waals surface area contributed by atoms with Gasteiger partial charge in [0, 0.05) is 20.3 Å². The van der Waals surface area contributed by atoms with E-state index in [2.05, 4.69) is 0 Å². The third-order valence-electron chi connectivity index (χ3n) is 2.83. The Morgan fingerprint density at radius 3 is 2.53 bits per heavy atom. The number of methoxy groups -OCH3 is 1. The van der Waals surface area contributed by atoms with Gasteiger partial charge in [0.1, 0.15) is 6.10 Å². The maximum Gasteiger partial charge on any atom is 0.103 e. The minimum Gasteiger partial charge on any atom is -0.386 e. The predicted molar refractivity (Wildman–Crippen MR) is 74.3 cm³/mol. The number of hydrogen-bond acceptors (Lipinski definition) is 4. The first-order valence-electron chi connectivity index (χ1n) is 6.63. The van der Waals surface area contributed by atoms with Crippen molar-refractivity contribution in [3.8, 4) is 0 Å². The molecular formula is C15H24O4. The molecule has 0 heterocycles. The molecule has 108 valence electrons. The summed E-state index contributed by atoms with van der Waals surface area (Å²) in [5.74, 6) is 0. The Bertz CT molecular complexity index is 341. The van der Waals surface area contributed by atoms with E-state index in [0.29, 0.717) is 33.0 Å². The van der Waals surface area contributed by atoms with E-state index in [1.54, 1.807) is 7.11 Å². The number of ether oxygens (including phenoxy) is 3. The van der Waals surface area contributed by atoms with Gasteiger partial charge in [-0.25, -0.2) is 0 Å². The number of rotatable bonds is 10. The summed E-state index contributed by atoms with van der Waals surface area (Å²) < 4.78 is 15.6. The molecule has 0 aliphatic carbocycles. The normalized spacial score (nSPS) is 12.6. The minimum absolute atomic E-state index is 0.322. The van der Waals surface area contributed by atoms with Crippen LogP contribution in [-0.4, -0.2) is 45.3 Å². The monoisotopic (exact) mass is 268 g/mol. The molecule has 0 bridgehead atoms. The Balaban J connectivity index is 2.08. The van der Waals surface area contributed by atoms with E-state index in [1.165, 1.54) is 0 Å². The topological polar surface area (TPSA) is 47.9 Å². The van der Waals surface area contributed by atoms with Crippen molar-refractivity contribution in [1.29, 1.82) is 0 Å². The highest BCUT2D eigenvalue weighted by Gasteiger charge is 2.09. The van der Waals surface area contributed by atoms with E-state index in [-0.39, 0.29) is 0 Å². The maximum atomic E-state index is 10.0. The quantitative estimate of drug-likeness (QED) is 0.660. The summed E-state index contributed by atoms with van der Waals surface area (Å²) in [7, 11) is 1.65. The molecule has 1 rings (SSSR count). The van der Waals surface area contributed by atoms with E-state index in [9.17, 15) is 5.11 Å². The number of aliphatic hydroxyl groups excluding tert-OH is 1. The van der Waals surface area contributed by atoms with Crippen molar-refractivity contribution < 1.29 is 19.3 Å². The highest BCUT2D eigenvalue weighted by molar-refractivity contribution is 5.27. The van der Waals surface area contributed by atoms with Gasteiger partial charge < -0.3 is 19.3 Å². The van der Waals surface area contributed by atoms with E-state index in [0.717, 1.165) is 17.5 Å². The van der Waals surface area contributed by atoms with Crippen LogP contribution in [0.5, 0.6) is 0 Å². The van der Waals surface area contributed by atoms with Crippen LogP contribution in [-0.2, 0) is 14.2 Å². The number of benzene rings is 1. The summed E-state index contributed by atoms with van der Waals surface area (Å²) in [5.41, 5.74) is 2.01. The number of aliphatic hydroxyl groups is 1. The lowest BCUT2D eigenvalue weighted by atomic mass is 10.0. The molecule has 0 radical (unpaired) electrons. The van der Waals surface area contributed by atoms with Gasteiger partial charge in [-0.2, -0.15) is 0 Å². The highest BCUT2D eigenvalue weighted by Crippen LogP contribution is 2.17. The number of hydrogen-bond donors (Lipinski definition) is 1. The zero-order valence-corrected chi connectivity index (χ0v) is 11.8. The summed E-state index contributed by atoms with van der Waals surface area (Å²) in [6.07, 6.45) is 0.264. The van der Waals surface area contributed by atoms with Gasteiger partial charge in [-0.3, -0.25) is 0 Å². The molecule has 1 atom stereocenters. The molecule has 19 heavy (non-hydrogen) atoms. The van der Waals surface area contributed by atoms with Gasteiger partial charge in [0.15, 0.2) is 0 Å². The second kappa shape index (κ2) is 9.92. The van der Waals surface area contributed by atoms with Crippen LogP contribution in [0.1, 0.15) is 23.7 Å². The summed E-state index contributed by atoms with van der Waals surface area (Å²) in [6, 6.07) is 7.80. The van der Waals surface area contributed by atoms with Crippen LogP contribution in [0.25, 0.3) is 0 Å². The van der Waals surface area contributed by atoms with Crippen molar-refractivity contribution >= 4 is 0 Å². The fraction of sp³-hybridized carbons (Fsp3) is 0.600. The zero-order valence-electron chi connectivity index (χ0n) is 11.8. The molecule has 4 heteroatoms. The largest absolute Gasteiger partial charge is 0.386 e. The van der Waals surface area contributed by atoms with Gasteiger partial charge in [0.25, 0.3) is 0 Å². The predicted octanol–water partition coefficient (Wildman–Crippen LogP) is 2.10. The lowest BCUT2D eigenvalue weighted by molar-refractivity contribution is 0.0180. The summed E-state index contributed by atoms with van der Waals surface area (Å²) in [6.45, 7) is 4.79. The van der Waals surface area contributed by atoms with Crippen molar-refractivity contribution in [2.45, 2.75) is 19.4 Å². The molecule has 1 unspecified atom stereocenters. The molecular weight excluding hydrogens is 244 g/mol. The highest BCUT2D eigenvalue weighted by atomic mass is 16.5. The Morgan fingerprint density at radius 2 is 1.79 bits per heavy atom. The first kappa shape index (κ1) is 16.1. The summed E-state index contributed by atoms with van der Waals surface area (Å²) >= 11 is 0. The van der Waals surface area contributed by atoms with Gasteiger partial charge in [0.05, 0.1) is 19.8 Å². The summed E-state index contributed by atoms with van der Waals surface area (Å²) in [5, 5.41) is 10.0. The molecule has 0 spiro atoms. The van der Waals surface area contributed by atoms with Crippen LogP contribution < -0.4 is 0 Å². The fourth-order valence-corrected chi connectivity index (χ4v) is 1.75. The third kappa shape index (κ3) is 6.68. The fourth-order valence-electron chi connectivity index (χ4n) is 1.75. The van der Waals surface area contributed by atoms with Crippen LogP contribution in [0.3, 0.4) is 0 Å². The maximum absolute atomic E-state index is 10.0. The lowest BCUT2D eigenvalue weighted by Gasteiger charge is -2.14. The van der Waals surface area contributed by atoms with Crippen molar-refractivity contribution in [3.63, 3.8) is 0 Å². The molecule has 4 nitrogen and oxygen atoms in total. The number of aryl methyl sites for hydroxylation is 1. The first-order chi connectivity index (χ1) is 9.25. The Hall–Kier alpha value is -0.940. The van der Waals surface area contributed by atoms with Gasteiger partial charge in [-0.15, -0.1) is 0 Å². The van der Waals surface area contributed by atoms with E-state index in [4.69, 9.17) is 14.2 Å². The standard InChI is InChI=1S/C15H24O4/c1-13-6-3-4-7-14(13)15(16)12-19-9-5-8-18-11-10-17-2/h3-4,6-7,15-16H,5,8-12H2,1-2H3. The lowest BCUT2D eigenvalue weighted by Crippen LogP contribution is -2.11. The van der Waals surface area contributed by atoms with Crippen LogP contribution in [0.4, 0.5) is 0 Å². The third-order valence-corrected chi connectivity index (χ3v) is 2.83. The Kier molecular flexibility index (Phi) is 8.41. The van der Waals surface area contributed by atoms with Gasteiger partial charge in [-0.05, 0) is 24.5 Å². The van der Waals surface area contributed by atoms with E-state index in [1.807, 2.05) is 31.2 Å². The minimum atomic E-state index is -0.560. The van der Waals surface area contributed by atoms with Crippen LogP contribution in [0.15, 0.2) is 24.3 Å². The van der Waals surface area contributed by atoms with Crippen LogP contribution in [0.2, 0.25) is 0 Å². The van der Waals surface area contributed by atoms with E-state index < -0.39 is 6.10 Å². The van der Waals surface area contributed by atoms with Crippen molar-refractivity contribution in [1.82, 2.24) is 0 Å². The average Bonchev–Trinajstić information content (AvgIpc) is 2.42. The molecule has 1 N–H and O–H groups in total. The Labute approximate surface area is 115 Å². The Morgan fingerprint density at radius 1 is 1.05 bits per heavy atom. The van der Waals surface area contributed by atoms with Crippen LogP contribution >= 0.6 is 0 Å². The molecule has 0 saturated heterocycles. The molecule has 0 aliphatic heterocycles. The SMILES string of the molecule is COCCOCCCOCC(O)c1ccccc1C. The van der Waals surface area contributed by atoms with Gasteiger partial charge >= 0.3 is 0 Å². The summed E-state index contributed by atoms with van der Waals surface area (Å²) in [4.78, 5) is 0. The van der Waals surface area contributed by atoms with Crippen molar-refractivity contribution in [3.05, 3.63) is 35.4 Å². The van der Waals surface area contributed by atoms with Crippen molar-refractivity contribution in [2.24, 2.45) is 0 Å². The average molecular weight is 268 g/mol. The molecule has 0 fully saturated rings. The molecule has 1 aromatic rings. The smallest absolute Gasteiger partial charge is 0.103 e. The van der Waals surface area contributed by atoms with E-state index >= 15 is 0 Å². The second-order valence-electron chi connectivity index (χ2n) is 4.41. The molecule has 0 aromatic heterocycles. The van der Waals surface area contributed by atoms with Crippen molar-refractivity contribution in [2.75, 3.05) is 40.1 Å². The molecule has 0 amide bonds. The first-order valence-corrected chi connectivity index (χ1v) is 6.63. The van der Waals surface area contributed by atoms with Gasteiger partial charge in [-0.1, -0.05) is 24.3 Å². The molecule has 1 aromatic carbocycles. The molecule has 0 aliphatic rings. The zero-order chi connectivity index (χ0) is 13.9. The molecule has 0 saturated carbocycles. The van der Waals surface area contributed by atoms with Gasteiger partial charge in [0.2, 0.25) is 0 Å². The van der Waals surface area contributed by atoms with Crippen LogP contribution in [0, 0.1) is 6.92 Å².